The third kappa shape index (κ3) is 4.04. The van der Waals surface area contributed by atoms with Crippen LogP contribution in [0.5, 0.6) is 0 Å². The number of aryl methyl sites for hydroxylation is 1. The number of furan rings is 1. The highest BCUT2D eigenvalue weighted by molar-refractivity contribution is 9.10. The van der Waals surface area contributed by atoms with Gasteiger partial charge in [-0.3, -0.25) is 19.6 Å². The summed E-state index contributed by atoms with van der Waals surface area (Å²) in [7, 11) is 0. The van der Waals surface area contributed by atoms with Gasteiger partial charge in [0.15, 0.2) is 0 Å². The number of rotatable bonds is 6. The lowest BCUT2D eigenvalue weighted by Gasteiger charge is -1.99. The number of nitrogens with one attached hydrogen (secondary N) is 1. The van der Waals surface area contributed by atoms with Crippen LogP contribution in [0.4, 0.5) is 5.88 Å². The Balaban J connectivity index is 1.90. The van der Waals surface area contributed by atoms with E-state index in [2.05, 4.69) is 26.3 Å². The SMILES string of the molecule is CCn1cc(Br)c(CNC(=O)/C=C/c2ccc([N+](=O)[O-])o2)n1. The minimum Gasteiger partial charge on any atom is -0.401 e. The second-order valence-electron chi connectivity index (χ2n) is 4.26. The summed E-state index contributed by atoms with van der Waals surface area (Å²) in [6.45, 7) is 2.98. The Morgan fingerprint density at radius 1 is 1.59 bits per heavy atom. The number of aromatic nitrogens is 2. The lowest BCUT2D eigenvalue weighted by molar-refractivity contribution is -0.402. The van der Waals surface area contributed by atoms with Crippen LogP contribution in [-0.4, -0.2) is 20.6 Å². The van der Waals surface area contributed by atoms with Crippen LogP contribution in [-0.2, 0) is 17.9 Å². The van der Waals surface area contributed by atoms with E-state index in [4.69, 9.17) is 4.42 Å². The summed E-state index contributed by atoms with van der Waals surface area (Å²) in [5.41, 5.74) is 0.720. The number of hydrogen-bond acceptors (Lipinski definition) is 5. The molecule has 0 spiro atoms. The molecule has 0 bridgehead atoms. The van der Waals surface area contributed by atoms with Gasteiger partial charge in [-0.15, -0.1) is 0 Å². The number of hydrogen-bond donors (Lipinski definition) is 1. The highest BCUT2D eigenvalue weighted by Gasteiger charge is 2.10. The average Bonchev–Trinajstić information content (AvgIpc) is 3.09. The summed E-state index contributed by atoms with van der Waals surface area (Å²) in [6.07, 6.45) is 4.44. The van der Waals surface area contributed by atoms with Gasteiger partial charge in [-0.2, -0.15) is 5.10 Å². The Kier molecular flexibility index (Phi) is 5.10. The van der Waals surface area contributed by atoms with Crippen molar-refractivity contribution in [3.8, 4) is 0 Å². The molecule has 0 atom stereocenters. The predicted molar refractivity (Wildman–Crippen MR) is 81.8 cm³/mol. The molecule has 22 heavy (non-hydrogen) atoms. The second kappa shape index (κ2) is 7.03. The summed E-state index contributed by atoms with van der Waals surface area (Å²) in [4.78, 5) is 21.5. The maximum atomic E-state index is 11.7. The fourth-order valence-corrected chi connectivity index (χ4v) is 2.09. The van der Waals surface area contributed by atoms with Crippen molar-refractivity contribution in [2.24, 2.45) is 0 Å². The molecule has 1 N–H and O–H groups in total. The summed E-state index contributed by atoms with van der Waals surface area (Å²) in [5, 5.41) is 17.4. The molecule has 0 aliphatic carbocycles. The van der Waals surface area contributed by atoms with Gasteiger partial charge in [0.05, 0.1) is 22.8 Å². The van der Waals surface area contributed by atoms with Crippen LogP contribution in [0.25, 0.3) is 6.08 Å². The van der Waals surface area contributed by atoms with Crippen LogP contribution in [0.3, 0.4) is 0 Å². The number of nitrogens with zero attached hydrogens (tertiary/aromatic N) is 3. The van der Waals surface area contributed by atoms with Gasteiger partial charge in [-0.1, -0.05) is 0 Å². The van der Waals surface area contributed by atoms with Crippen LogP contribution in [0.15, 0.2) is 33.3 Å². The molecule has 2 heterocycles. The highest BCUT2D eigenvalue weighted by atomic mass is 79.9. The summed E-state index contributed by atoms with van der Waals surface area (Å²) in [5.74, 6) is -0.482. The first-order valence-corrected chi connectivity index (χ1v) is 7.21. The molecule has 0 aliphatic rings. The van der Waals surface area contributed by atoms with Crippen molar-refractivity contribution in [2.75, 3.05) is 0 Å². The Morgan fingerprint density at radius 2 is 2.36 bits per heavy atom. The average molecular weight is 369 g/mol. The van der Waals surface area contributed by atoms with E-state index in [1.807, 2.05) is 13.1 Å². The molecule has 0 aliphatic heterocycles. The van der Waals surface area contributed by atoms with Crippen molar-refractivity contribution in [1.29, 1.82) is 0 Å². The van der Waals surface area contributed by atoms with Gasteiger partial charge in [0, 0.05) is 18.8 Å². The third-order valence-electron chi connectivity index (χ3n) is 2.73. The van der Waals surface area contributed by atoms with E-state index >= 15 is 0 Å². The first-order chi connectivity index (χ1) is 10.5. The van der Waals surface area contributed by atoms with Crippen molar-refractivity contribution in [1.82, 2.24) is 15.1 Å². The smallest absolute Gasteiger partial charge is 0.401 e. The van der Waals surface area contributed by atoms with Crippen LogP contribution >= 0.6 is 15.9 Å². The monoisotopic (exact) mass is 368 g/mol. The molecule has 0 unspecified atom stereocenters. The molecule has 2 rings (SSSR count). The van der Waals surface area contributed by atoms with Crippen LogP contribution in [0, 0.1) is 10.1 Å². The molecule has 1 amide bonds. The highest BCUT2D eigenvalue weighted by Crippen LogP contribution is 2.17. The number of carbonyl (C=O) groups excluding carboxylic acids is 1. The van der Waals surface area contributed by atoms with E-state index in [0.717, 1.165) is 16.7 Å². The Hall–Kier alpha value is -2.42. The third-order valence-corrected chi connectivity index (χ3v) is 3.40. The summed E-state index contributed by atoms with van der Waals surface area (Å²) >= 11 is 3.37. The molecular weight excluding hydrogens is 356 g/mol. The topological polar surface area (TPSA) is 103 Å². The Bertz CT molecular complexity index is 719. The maximum absolute atomic E-state index is 11.7. The van der Waals surface area contributed by atoms with E-state index < -0.39 is 4.92 Å². The van der Waals surface area contributed by atoms with Gasteiger partial charge in [-0.05, 0) is 35.0 Å². The molecule has 0 fully saturated rings. The van der Waals surface area contributed by atoms with Crippen molar-refractivity contribution in [3.05, 3.63) is 50.4 Å². The molecule has 0 aromatic carbocycles. The number of amides is 1. The van der Waals surface area contributed by atoms with Gasteiger partial charge < -0.3 is 9.73 Å². The molecule has 2 aromatic heterocycles. The van der Waals surface area contributed by atoms with Crippen molar-refractivity contribution in [3.63, 3.8) is 0 Å². The summed E-state index contributed by atoms with van der Waals surface area (Å²) < 4.78 is 7.48. The largest absolute Gasteiger partial charge is 0.433 e. The first-order valence-electron chi connectivity index (χ1n) is 6.41. The summed E-state index contributed by atoms with van der Waals surface area (Å²) in [6, 6.07) is 2.65. The molecule has 0 saturated carbocycles. The molecule has 9 heteroatoms. The molecule has 0 radical (unpaired) electrons. The van der Waals surface area contributed by atoms with Crippen LogP contribution < -0.4 is 5.32 Å². The van der Waals surface area contributed by atoms with Crippen molar-refractivity contribution < 1.29 is 14.1 Å². The quantitative estimate of drug-likeness (QED) is 0.479. The van der Waals surface area contributed by atoms with E-state index in [9.17, 15) is 14.9 Å². The van der Waals surface area contributed by atoms with Crippen molar-refractivity contribution >= 4 is 33.8 Å². The maximum Gasteiger partial charge on any atom is 0.433 e. The van der Waals surface area contributed by atoms with Gasteiger partial charge in [-0.25, -0.2) is 0 Å². The van der Waals surface area contributed by atoms with E-state index in [0.29, 0.717) is 0 Å². The lowest BCUT2D eigenvalue weighted by Crippen LogP contribution is -2.20. The van der Waals surface area contributed by atoms with E-state index in [-0.39, 0.29) is 24.1 Å². The predicted octanol–water partition coefficient (Wildman–Crippen LogP) is 2.50. The van der Waals surface area contributed by atoms with Crippen LogP contribution in [0.2, 0.25) is 0 Å². The zero-order chi connectivity index (χ0) is 16.1. The molecule has 2 aromatic rings. The minimum atomic E-state index is -0.640. The van der Waals surface area contributed by atoms with E-state index in [1.165, 1.54) is 24.3 Å². The zero-order valence-electron chi connectivity index (χ0n) is 11.7. The van der Waals surface area contributed by atoms with Gasteiger partial charge >= 0.3 is 5.88 Å². The van der Waals surface area contributed by atoms with Gasteiger partial charge in [0.2, 0.25) is 5.91 Å². The Labute approximate surface area is 134 Å². The first kappa shape index (κ1) is 16.0. The lowest BCUT2D eigenvalue weighted by atomic mass is 10.3. The van der Waals surface area contributed by atoms with Crippen molar-refractivity contribution in [2.45, 2.75) is 20.0 Å². The zero-order valence-corrected chi connectivity index (χ0v) is 13.2. The van der Waals surface area contributed by atoms with E-state index in [1.54, 1.807) is 4.68 Å². The van der Waals surface area contributed by atoms with Gasteiger partial charge in [0.25, 0.3) is 0 Å². The standard InChI is InChI=1S/C13H13BrN4O4/c1-2-17-8-10(14)11(16-17)7-15-12(19)5-3-9-4-6-13(22-9)18(20)21/h3-6,8H,2,7H2,1H3,(H,15,19)/b5-3+. The molecule has 116 valence electrons. The normalized spacial score (nSPS) is 11.0. The van der Waals surface area contributed by atoms with Crippen LogP contribution in [0.1, 0.15) is 18.4 Å². The number of halogens is 1. The molecule has 8 nitrogen and oxygen atoms in total. The number of nitro groups is 1. The fraction of sp³-hybridized carbons (Fsp3) is 0.231. The fourth-order valence-electron chi connectivity index (χ4n) is 1.64. The Morgan fingerprint density at radius 3 is 2.95 bits per heavy atom. The minimum absolute atomic E-state index is 0.235. The molecule has 0 saturated heterocycles. The van der Waals surface area contributed by atoms with Gasteiger partial charge in [0.1, 0.15) is 10.7 Å². The number of carbonyl (C=O) groups is 1. The molecular formula is C13H13BrN4O4. The second-order valence-corrected chi connectivity index (χ2v) is 5.12.